The molecule has 94 valence electrons. The molecular formula is C12H12FN3OS. The normalized spacial score (nSPS) is 10.3. The number of hydrogen-bond donors (Lipinski definition) is 1. The molecular weight excluding hydrogens is 253 g/mol. The summed E-state index contributed by atoms with van der Waals surface area (Å²) in [5, 5.41) is 4.06. The molecule has 0 aliphatic carbocycles. The van der Waals surface area contributed by atoms with E-state index in [2.05, 4.69) is 5.10 Å². The second kappa shape index (κ2) is 5.14. The molecule has 0 unspecified atom stereocenters. The summed E-state index contributed by atoms with van der Waals surface area (Å²) in [4.78, 5) is -0.0361. The molecule has 0 fully saturated rings. The second-order valence-electron chi connectivity index (χ2n) is 3.61. The standard InChI is InChI=1S/C12H12FN3OS/c1-2-16-7-8(6-15-16)17-10-5-3-4-9(13)11(10)12(14)18/h3-7H,2H2,1H3,(H2,14,18). The summed E-state index contributed by atoms with van der Waals surface area (Å²) in [5.74, 6) is 0.306. The summed E-state index contributed by atoms with van der Waals surface area (Å²) < 4.78 is 20.9. The van der Waals surface area contributed by atoms with Gasteiger partial charge in [-0.25, -0.2) is 4.39 Å². The van der Waals surface area contributed by atoms with Crippen molar-refractivity contribution >= 4 is 17.2 Å². The number of ether oxygens (including phenoxy) is 1. The van der Waals surface area contributed by atoms with Crippen LogP contribution in [0, 0.1) is 5.82 Å². The lowest BCUT2D eigenvalue weighted by Gasteiger charge is -2.09. The Hall–Kier alpha value is -1.95. The van der Waals surface area contributed by atoms with Crippen LogP contribution in [0.2, 0.25) is 0 Å². The zero-order valence-corrected chi connectivity index (χ0v) is 10.6. The molecule has 0 aliphatic rings. The molecule has 0 radical (unpaired) electrons. The molecule has 0 aliphatic heterocycles. The number of rotatable bonds is 4. The highest BCUT2D eigenvalue weighted by molar-refractivity contribution is 7.80. The van der Waals surface area contributed by atoms with Crippen LogP contribution in [0.25, 0.3) is 0 Å². The molecule has 1 aromatic heterocycles. The Balaban J connectivity index is 2.34. The zero-order chi connectivity index (χ0) is 13.1. The van der Waals surface area contributed by atoms with Gasteiger partial charge in [-0.1, -0.05) is 18.3 Å². The molecule has 2 N–H and O–H groups in total. The minimum atomic E-state index is -0.497. The number of aromatic nitrogens is 2. The highest BCUT2D eigenvalue weighted by Gasteiger charge is 2.13. The van der Waals surface area contributed by atoms with Crippen molar-refractivity contribution < 1.29 is 9.13 Å². The number of benzene rings is 1. The molecule has 0 bridgehead atoms. The third-order valence-electron chi connectivity index (χ3n) is 2.38. The van der Waals surface area contributed by atoms with Crippen LogP contribution in [-0.2, 0) is 6.54 Å². The summed E-state index contributed by atoms with van der Waals surface area (Å²) in [6.07, 6.45) is 3.27. The van der Waals surface area contributed by atoms with Crippen LogP contribution < -0.4 is 10.5 Å². The van der Waals surface area contributed by atoms with Gasteiger partial charge >= 0.3 is 0 Å². The number of hydrogen-bond acceptors (Lipinski definition) is 3. The first-order valence-electron chi connectivity index (χ1n) is 5.40. The van der Waals surface area contributed by atoms with Crippen molar-refractivity contribution in [2.45, 2.75) is 13.5 Å². The first kappa shape index (κ1) is 12.5. The van der Waals surface area contributed by atoms with Crippen LogP contribution in [0.4, 0.5) is 4.39 Å². The Kier molecular flexibility index (Phi) is 3.57. The van der Waals surface area contributed by atoms with Gasteiger partial charge in [0.25, 0.3) is 0 Å². The second-order valence-corrected chi connectivity index (χ2v) is 4.05. The molecule has 1 aromatic carbocycles. The number of nitrogens with zero attached hydrogens (tertiary/aromatic N) is 2. The van der Waals surface area contributed by atoms with Gasteiger partial charge in [-0.05, 0) is 19.1 Å². The van der Waals surface area contributed by atoms with Crippen molar-refractivity contribution in [3.05, 3.63) is 42.0 Å². The topological polar surface area (TPSA) is 53.1 Å². The largest absolute Gasteiger partial charge is 0.453 e. The lowest BCUT2D eigenvalue weighted by atomic mass is 10.2. The molecule has 18 heavy (non-hydrogen) atoms. The van der Waals surface area contributed by atoms with E-state index in [4.69, 9.17) is 22.7 Å². The molecule has 4 nitrogen and oxygen atoms in total. The number of halogens is 1. The lowest BCUT2D eigenvalue weighted by molar-refractivity contribution is 0.474. The minimum absolute atomic E-state index is 0.0361. The van der Waals surface area contributed by atoms with Gasteiger partial charge in [-0.15, -0.1) is 0 Å². The Morgan fingerprint density at radius 2 is 2.33 bits per heavy atom. The summed E-state index contributed by atoms with van der Waals surface area (Å²) in [5.41, 5.74) is 5.60. The van der Waals surface area contributed by atoms with Gasteiger partial charge in [0.2, 0.25) is 0 Å². The first-order valence-corrected chi connectivity index (χ1v) is 5.81. The monoisotopic (exact) mass is 265 g/mol. The van der Waals surface area contributed by atoms with Gasteiger partial charge in [-0.3, -0.25) is 4.68 Å². The smallest absolute Gasteiger partial charge is 0.165 e. The third kappa shape index (κ3) is 2.48. The van der Waals surface area contributed by atoms with Crippen molar-refractivity contribution in [3.63, 3.8) is 0 Å². The molecule has 2 aromatic rings. The third-order valence-corrected chi connectivity index (χ3v) is 2.59. The molecule has 0 saturated carbocycles. The molecule has 6 heteroatoms. The predicted octanol–water partition coefficient (Wildman–Crippen LogP) is 2.47. The van der Waals surface area contributed by atoms with Gasteiger partial charge in [0.1, 0.15) is 16.6 Å². The van der Waals surface area contributed by atoms with Crippen LogP contribution in [-0.4, -0.2) is 14.8 Å². The van der Waals surface area contributed by atoms with Crippen LogP contribution in [0.15, 0.2) is 30.6 Å². The minimum Gasteiger partial charge on any atom is -0.453 e. The average molecular weight is 265 g/mol. The average Bonchev–Trinajstić information content (AvgIpc) is 2.76. The van der Waals surface area contributed by atoms with E-state index in [9.17, 15) is 4.39 Å². The molecule has 0 spiro atoms. The number of aryl methyl sites for hydroxylation is 1. The maximum absolute atomic E-state index is 13.6. The summed E-state index contributed by atoms with van der Waals surface area (Å²) in [7, 11) is 0. The van der Waals surface area contributed by atoms with E-state index < -0.39 is 5.82 Å². The highest BCUT2D eigenvalue weighted by Crippen LogP contribution is 2.26. The highest BCUT2D eigenvalue weighted by atomic mass is 32.1. The Labute approximate surface area is 109 Å². The maximum Gasteiger partial charge on any atom is 0.165 e. The van der Waals surface area contributed by atoms with Crippen LogP contribution in [0.1, 0.15) is 12.5 Å². The first-order chi connectivity index (χ1) is 8.61. The van der Waals surface area contributed by atoms with E-state index in [0.717, 1.165) is 6.54 Å². The Bertz CT molecular complexity index is 582. The molecule has 2 rings (SSSR count). The van der Waals surface area contributed by atoms with Gasteiger partial charge < -0.3 is 10.5 Å². The number of nitrogens with two attached hydrogens (primary N) is 1. The predicted molar refractivity (Wildman–Crippen MR) is 70.3 cm³/mol. The molecule has 0 atom stereocenters. The maximum atomic E-state index is 13.6. The summed E-state index contributed by atoms with van der Waals surface area (Å²) >= 11 is 4.82. The summed E-state index contributed by atoms with van der Waals surface area (Å²) in [6, 6.07) is 4.44. The Morgan fingerprint density at radius 3 is 2.94 bits per heavy atom. The van der Waals surface area contributed by atoms with Crippen molar-refractivity contribution in [1.29, 1.82) is 0 Å². The van der Waals surface area contributed by atoms with E-state index in [-0.39, 0.29) is 16.3 Å². The van der Waals surface area contributed by atoms with Gasteiger partial charge in [0, 0.05) is 6.54 Å². The lowest BCUT2D eigenvalue weighted by Crippen LogP contribution is -2.13. The SMILES string of the molecule is CCn1cc(Oc2cccc(F)c2C(N)=S)cn1. The van der Waals surface area contributed by atoms with Crippen molar-refractivity contribution in [2.75, 3.05) is 0 Å². The summed E-state index contributed by atoms with van der Waals surface area (Å²) in [6.45, 7) is 2.69. The zero-order valence-electron chi connectivity index (χ0n) is 9.76. The van der Waals surface area contributed by atoms with E-state index in [1.165, 1.54) is 12.1 Å². The van der Waals surface area contributed by atoms with E-state index >= 15 is 0 Å². The van der Waals surface area contributed by atoms with Gasteiger partial charge in [0.05, 0.1) is 18.0 Å². The Morgan fingerprint density at radius 1 is 1.56 bits per heavy atom. The molecule has 0 amide bonds. The van der Waals surface area contributed by atoms with Crippen molar-refractivity contribution in [2.24, 2.45) is 5.73 Å². The molecule has 0 saturated heterocycles. The fourth-order valence-corrected chi connectivity index (χ4v) is 1.72. The molecule has 1 heterocycles. The van der Waals surface area contributed by atoms with Crippen LogP contribution >= 0.6 is 12.2 Å². The van der Waals surface area contributed by atoms with Gasteiger partial charge in [-0.2, -0.15) is 5.10 Å². The fraction of sp³-hybridized carbons (Fsp3) is 0.167. The van der Waals surface area contributed by atoms with E-state index in [0.29, 0.717) is 5.75 Å². The quantitative estimate of drug-likeness (QED) is 0.863. The number of thiocarbonyl (C=S) groups is 1. The van der Waals surface area contributed by atoms with Crippen molar-refractivity contribution in [3.8, 4) is 11.5 Å². The van der Waals surface area contributed by atoms with Gasteiger partial charge in [0.15, 0.2) is 5.75 Å². The van der Waals surface area contributed by atoms with E-state index in [1.54, 1.807) is 23.1 Å². The van der Waals surface area contributed by atoms with E-state index in [1.807, 2.05) is 6.92 Å². The van der Waals surface area contributed by atoms with Crippen molar-refractivity contribution in [1.82, 2.24) is 9.78 Å². The van der Waals surface area contributed by atoms with Crippen LogP contribution in [0.3, 0.4) is 0 Å². The van der Waals surface area contributed by atoms with Crippen LogP contribution in [0.5, 0.6) is 11.5 Å². The fourth-order valence-electron chi connectivity index (χ4n) is 1.53.